The maximum absolute atomic E-state index is 4.72. The second-order valence-electron chi connectivity index (χ2n) is 7.40. The van der Waals surface area contributed by atoms with Crippen LogP contribution in [0, 0.1) is 0 Å². The van der Waals surface area contributed by atoms with Crippen LogP contribution in [0.15, 0.2) is 103 Å². The molecule has 0 bridgehead atoms. The smallest absolute Gasteiger partial charge is 0.168 e. The minimum Gasteiger partial charge on any atom is -0.276 e. The van der Waals surface area contributed by atoms with Crippen molar-refractivity contribution in [3.63, 3.8) is 0 Å². The zero-order chi connectivity index (χ0) is 20.6. The standard InChI is InChI=1S/C26H19N5/c1-2-10-18(11-3-1)19-12-6-9-17-24(19)31(25-20-13-4-7-15-22(20)27-29-25)26-21-14-5-8-16-23(21)28-30-26/h1-17H,(H,27,29)(H,28,30). The van der Waals surface area contributed by atoms with Crippen molar-refractivity contribution >= 4 is 39.1 Å². The molecule has 6 aromatic rings. The van der Waals surface area contributed by atoms with Crippen LogP contribution in [0.25, 0.3) is 32.9 Å². The number of nitrogens with one attached hydrogen (secondary N) is 2. The molecule has 0 saturated carbocycles. The van der Waals surface area contributed by atoms with Crippen molar-refractivity contribution in [1.29, 1.82) is 0 Å². The summed E-state index contributed by atoms with van der Waals surface area (Å²) in [4.78, 5) is 2.14. The van der Waals surface area contributed by atoms with Gasteiger partial charge in [0.1, 0.15) is 0 Å². The fourth-order valence-corrected chi connectivity index (χ4v) is 4.10. The maximum atomic E-state index is 4.72. The summed E-state index contributed by atoms with van der Waals surface area (Å²) in [5, 5.41) is 17.9. The molecule has 0 fully saturated rings. The van der Waals surface area contributed by atoms with Gasteiger partial charge in [-0.1, -0.05) is 72.8 Å². The molecule has 0 saturated heterocycles. The number of benzene rings is 4. The van der Waals surface area contributed by atoms with E-state index in [2.05, 4.69) is 75.8 Å². The Morgan fingerprint density at radius 3 is 1.68 bits per heavy atom. The molecular weight excluding hydrogens is 382 g/mol. The van der Waals surface area contributed by atoms with Crippen molar-refractivity contribution in [3.05, 3.63) is 103 Å². The Morgan fingerprint density at radius 1 is 0.516 bits per heavy atom. The second-order valence-corrected chi connectivity index (χ2v) is 7.40. The van der Waals surface area contributed by atoms with E-state index in [1.165, 1.54) is 0 Å². The summed E-state index contributed by atoms with van der Waals surface area (Å²) in [6.07, 6.45) is 0. The van der Waals surface area contributed by atoms with Gasteiger partial charge in [-0.2, -0.15) is 10.2 Å². The fourth-order valence-electron chi connectivity index (χ4n) is 4.10. The van der Waals surface area contributed by atoms with Gasteiger partial charge in [0.15, 0.2) is 11.6 Å². The highest BCUT2D eigenvalue weighted by Gasteiger charge is 2.24. The molecule has 6 rings (SSSR count). The van der Waals surface area contributed by atoms with Crippen molar-refractivity contribution in [2.75, 3.05) is 4.90 Å². The predicted molar refractivity (Wildman–Crippen MR) is 126 cm³/mol. The van der Waals surface area contributed by atoms with E-state index in [1.807, 2.05) is 42.5 Å². The zero-order valence-electron chi connectivity index (χ0n) is 16.7. The van der Waals surface area contributed by atoms with Crippen LogP contribution >= 0.6 is 0 Å². The molecule has 0 radical (unpaired) electrons. The molecule has 0 aliphatic heterocycles. The van der Waals surface area contributed by atoms with Crippen LogP contribution in [0.2, 0.25) is 0 Å². The topological polar surface area (TPSA) is 60.6 Å². The summed E-state index contributed by atoms with van der Waals surface area (Å²) in [5.41, 5.74) is 5.24. The van der Waals surface area contributed by atoms with E-state index in [-0.39, 0.29) is 0 Å². The first kappa shape index (κ1) is 17.5. The summed E-state index contributed by atoms with van der Waals surface area (Å²) in [7, 11) is 0. The van der Waals surface area contributed by atoms with Gasteiger partial charge >= 0.3 is 0 Å². The van der Waals surface area contributed by atoms with Crippen LogP contribution in [0.5, 0.6) is 0 Å². The largest absolute Gasteiger partial charge is 0.276 e. The fraction of sp³-hybridized carbons (Fsp3) is 0. The van der Waals surface area contributed by atoms with Crippen molar-refractivity contribution in [2.45, 2.75) is 0 Å². The minimum absolute atomic E-state index is 0.816. The van der Waals surface area contributed by atoms with Crippen LogP contribution in [0.3, 0.4) is 0 Å². The van der Waals surface area contributed by atoms with E-state index < -0.39 is 0 Å². The van der Waals surface area contributed by atoms with Gasteiger partial charge in [-0.25, -0.2) is 0 Å². The van der Waals surface area contributed by atoms with Crippen molar-refractivity contribution in [1.82, 2.24) is 20.4 Å². The van der Waals surface area contributed by atoms with E-state index >= 15 is 0 Å². The van der Waals surface area contributed by atoms with Crippen LogP contribution in [0.4, 0.5) is 17.3 Å². The lowest BCUT2D eigenvalue weighted by Crippen LogP contribution is -2.13. The molecule has 0 spiro atoms. The lowest BCUT2D eigenvalue weighted by molar-refractivity contribution is 1.04. The van der Waals surface area contributed by atoms with E-state index in [9.17, 15) is 0 Å². The van der Waals surface area contributed by atoms with Crippen LogP contribution in [-0.4, -0.2) is 20.4 Å². The number of rotatable bonds is 4. The first-order valence-electron chi connectivity index (χ1n) is 10.2. The van der Waals surface area contributed by atoms with Crippen molar-refractivity contribution in [3.8, 4) is 11.1 Å². The lowest BCUT2D eigenvalue weighted by Gasteiger charge is -2.24. The molecule has 0 aliphatic rings. The highest BCUT2D eigenvalue weighted by molar-refractivity contribution is 6.02. The minimum atomic E-state index is 0.816. The Kier molecular flexibility index (Phi) is 4.03. The van der Waals surface area contributed by atoms with Crippen molar-refractivity contribution < 1.29 is 0 Å². The van der Waals surface area contributed by atoms with E-state index in [4.69, 9.17) is 10.2 Å². The third kappa shape index (κ3) is 2.87. The van der Waals surface area contributed by atoms with Gasteiger partial charge in [0.2, 0.25) is 0 Å². The first-order valence-corrected chi connectivity index (χ1v) is 10.2. The van der Waals surface area contributed by atoms with Crippen LogP contribution in [0.1, 0.15) is 0 Å². The molecule has 5 nitrogen and oxygen atoms in total. The summed E-state index contributed by atoms with van der Waals surface area (Å²) < 4.78 is 0. The van der Waals surface area contributed by atoms with Gasteiger partial charge in [-0.05, 0) is 35.9 Å². The number of hydrogen-bond donors (Lipinski definition) is 2. The first-order chi connectivity index (χ1) is 15.4. The molecule has 0 unspecified atom stereocenters. The van der Waals surface area contributed by atoms with E-state index in [0.717, 1.165) is 50.3 Å². The average Bonchev–Trinajstić information content (AvgIpc) is 3.46. The Hall–Kier alpha value is -4.38. The molecule has 2 heterocycles. The number of aromatic nitrogens is 4. The van der Waals surface area contributed by atoms with E-state index in [0.29, 0.717) is 0 Å². The van der Waals surface area contributed by atoms with Gasteiger partial charge in [-0.3, -0.25) is 15.1 Å². The number of hydrogen-bond acceptors (Lipinski definition) is 3. The Balaban J connectivity index is 1.67. The third-order valence-electron chi connectivity index (χ3n) is 5.55. The average molecular weight is 401 g/mol. The van der Waals surface area contributed by atoms with Gasteiger partial charge < -0.3 is 0 Å². The Labute approximate surface area is 179 Å². The SMILES string of the molecule is c1ccc(-c2ccccc2N(c2n[nH]c3ccccc23)c2n[nH]c3ccccc23)cc1. The lowest BCUT2D eigenvalue weighted by atomic mass is 10.0. The number of H-pyrrole nitrogens is 2. The Bertz CT molecular complexity index is 1420. The Morgan fingerprint density at radius 2 is 1.03 bits per heavy atom. The van der Waals surface area contributed by atoms with Crippen molar-refractivity contribution in [2.24, 2.45) is 0 Å². The molecule has 0 amide bonds. The molecule has 0 atom stereocenters. The molecule has 0 aliphatic carbocycles. The second kappa shape index (κ2) is 7.15. The predicted octanol–water partition coefficient (Wildman–Crippen LogP) is 6.58. The number of fused-ring (bicyclic) bond motifs is 2. The number of anilines is 3. The molecule has 148 valence electrons. The highest BCUT2D eigenvalue weighted by atomic mass is 15.3. The van der Waals surface area contributed by atoms with Gasteiger partial charge in [-0.15, -0.1) is 0 Å². The molecule has 2 aromatic heterocycles. The van der Waals surface area contributed by atoms with Crippen LogP contribution in [-0.2, 0) is 0 Å². The number of aromatic amines is 2. The summed E-state index contributed by atoms with van der Waals surface area (Å²) in [6, 6.07) is 35.1. The van der Waals surface area contributed by atoms with Gasteiger partial charge in [0, 0.05) is 16.3 Å². The summed E-state index contributed by atoms with van der Waals surface area (Å²) >= 11 is 0. The highest BCUT2D eigenvalue weighted by Crippen LogP contribution is 2.43. The quantitative estimate of drug-likeness (QED) is 0.351. The molecular formula is C26H19N5. The normalized spacial score (nSPS) is 11.2. The number of nitrogens with zero attached hydrogens (tertiary/aromatic N) is 3. The van der Waals surface area contributed by atoms with Gasteiger partial charge in [0.25, 0.3) is 0 Å². The third-order valence-corrected chi connectivity index (χ3v) is 5.55. The molecule has 31 heavy (non-hydrogen) atoms. The monoisotopic (exact) mass is 401 g/mol. The summed E-state index contributed by atoms with van der Waals surface area (Å²) in [5.74, 6) is 1.63. The maximum Gasteiger partial charge on any atom is 0.168 e. The zero-order valence-corrected chi connectivity index (χ0v) is 16.7. The van der Waals surface area contributed by atoms with E-state index in [1.54, 1.807) is 0 Å². The number of para-hydroxylation sites is 3. The summed E-state index contributed by atoms with van der Waals surface area (Å²) in [6.45, 7) is 0. The van der Waals surface area contributed by atoms with Crippen LogP contribution < -0.4 is 4.90 Å². The molecule has 5 heteroatoms. The molecule has 2 N–H and O–H groups in total. The van der Waals surface area contributed by atoms with Gasteiger partial charge in [0.05, 0.1) is 16.7 Å². The molecule has 4 aromatic carbocycles.